The first-order valence-corrected chi connectivity index (χ1v) is 6.25. The van der Waals surface area contributed by atoms with E-state index in [4.69, 9.17) is 16.3 Å². The van der Waals surface area contributed by atoms with Gasteiger partial charge in [0.15, 0.2) is 0 Å². The van der Waals surface area contributed by atoms with Gasteiger partial charge < -0.3 is 4.74 Å². The van der Waals surface area contributed by atoms with Crippen LogP contribution in [0.3, 0.4) is 0 Å². The van der Waals surface area contributed by atoms with E-state index in [1.165, 1.54) is 7.11 Å². The normalized spacial score (nSPS) is 10.3. The average molecular weight is 245 g/mol. The van der Waals surface area contributed by atoms with Crippen LogP contribution in [0.2, 0.25) is 5.02 Å². The molecule has 0 radical (unpaired) electrons. The van der Waals surface area contributed by atoms with Gasteiger partial charge in [0.05, 0.1) is 18.9 Å². The van der Waals surface area contributed by atoms with Gasteiger partial charge in [0.1, 0.15) is 5.75 Å². The molecule has 80 valence electrons. The van der Waals surface area contributed by atoms with Crippen molar-refractivity contribution in [2.24, 2.45) is 0 Å². The van der Waals surface area contributed by atoms with E-state index in [1.54, 1.807) is 18.2 Å². The molecule has 0 fully saturated rings. The second kappa shape index (κ2) is 4.56. The Kier molecular flexibility index (Phi) is 3.61. The molecular formula is C10H9ClO3S. The zero-order valence-electron chi connectivity index (χ0n) is 8.24. The van der Waals surface area contributed by atoms with E-state index in [1.807, 2.05) is 0 Å². The smallest absolute Gasteiger partial charge is 0.214 e. The quantitative estimate of drug-likeness (QED) is 0.707. The van der Waals surface area contributed by atoms with Gasteiger partial charge in [-0.1, -0.05) is 11.6 Å². The highest BCUT2D eigenvalue weighted by atomic mass is 35.5. The van der Waals surface area contributed by atoms with E-state index in [9.17, 15) is 8.42 Å². The van der Waals surface area contributed by atoms with Gasteiger partial charge in [-0.2, -0.15) is 0 Å². The third-order valence-electron chi connectivity index (χ3n) is 1.53. The first kappa shape index (κ1) is 11.9. The summed E-state index contributed by atoms with van der Waals surface area (Å²) in [5.41, 5.74) is 0.493. The van der Waals surface area contributed by atoms with Crippen LogP contribution in [0.5, 0.6) is 5.75 Å². The van der Waals surface area contributed by atoms with E-state index in [0.717, 1.165) is 6.26 Å². The van der Waals surface area contributed by atoms with Gasteiger partial charge in [0.25, 0.3) is 0 Å². The zero-order valence-corrected chi connectivity index (χ0v) is 9.82. The van der Waals surface area contributed by atoms with Crippen molar-refractivity contribution in [2.45, 2.75) is 0 Å². The van der Waals surface area contributed by atoms with Gasteiger partial charge in [0, 0.05) is 16.3 Å². The Hall–Kier alpha value is -1.18. The molecule has 0 saturated carbocycles. The SMILES string of the molecule is COc1cc(Cl)ccc1C#CS(C)(=O)=O. The van der Waals surface area contributed by atoms with Crippen LogP contribution >= 0.6 is 11.6 Å². The fourth-order valence-electron chi connectivity index (χ4n) is 0.916. The van der Waals surface area contributed by atoms with Crippen molar-refractivity contribution < 1.29 is 13.2 Å². The maximum atomic E-state index is 10.8. The first-order chi connectivity index (χ1) is 6.92. The number of benzene rings is 1. The summed E-state index contributed by atoms with van der Waals surface area (Å²) in [4.78, 5) is 0. The second-order valence-corrected chi connectivity index (χ2v) is 5.03. The van der Waals surface area contributed by atoms with E-state index in [0.29, 0.717) is 16.3 Å². The van der Waals surface area contributed by atoms with Crippen LogP contribution in [0.25, 0.3) is 0 Å². The van der Waals surface area contributed by atoms with E-state index >= 15 is 0 Å². The van der Waals surface area contributed by atoms with Crippen LogP contribution in [0.1, 0.15) is 5.56 Å². The molecule has 1 aromatic carbocycles. The fourth-order valence-corrected chi connectivity index (χ4v) is 1.37. The third kappa shape index (κ3) is 3.82. The molecule has 0 aliphatic carbocycles. The average Bonchev–Trinajstić information content (AvgIpc) is 2.14. The molecular weight excluding hydrogens is 236 g/mol. The van der Waals surface area contributed by atoms with Gasteiger partial charge in [-0.15, -0.1) is 0 Å². The minimum absolute atomic E-state index is 0.457. The summed E-state index contributed by atoms with van der Waals surface area (Å²) in [6.45, 7) is 0. The van der Waals surface area contributed by atoms with Gasteiger partial charge >= 0.3 is 0 Å². The number of sulfone groups is 1. The van der Waals surface area contributed by atoms with Crippen LogP contribution in [-0.2, 0) is 9.84 Å². The predicted molar refractivity (Wildman–Crippen MR) is 59.7 cm³/mol. The molecule has 1 rings (SSSR count). The molecule has 0 aliphatic heterocycles. The number of rotatable bonds is 1. The second-order valence-electron chi connectivity index (χ2n) is 2.84. The Morgan fingerprint density at radius 1 is 1.40 bits per heavy atom. The molecule has 1 aromatic rings. The van der Waals surface area contributed by atoms with Crippen LogP contribution in [0.4, 0.5) is 0 Å². The number of hydrogen-bond acceptors (Lipinski definition) is 3. The minimum atomic E-state index is -3.31. The molecule has 0 N–H and O–H groups in total. The van der Waals surface area contributed by atoms with Crippen molar-refractivity contribution in [3.05, 3.63) is 28.8 Å². The van der Waals surface area contributed by atoms with Gasteiger partial charge in [-0.3, -0.25) is 0 Å². The number of halogens is 1. The Morgan fingerprint density at radius 2 is 2.07 bits per heavy atom. The van der Waals surface area contributed by atoms with Crippen LogP contribution in [0, 0.1) is 11.2 Å². The zero-order chi connectivity index (χ0) is 11.5. The highest BCUT2D eigenvalue weighted by molar-refractivity contribution is 7.95. The summed E-state index contributed by atoms with van der Waals surface area (Å²) < 4.78 is 26.7. The van der Waals surface area contributed by atoms with Crippen molar-refractivity contribution in [1.29, 1.82) is 0 Å². The Morgan fingerprint density at radius 3 is 2.60 bits per heavy atom. The molecule has 0 atom stereocenters. The lowest BCUT2D eigenvalue weighted by atomic mass is 10.2. The van der Waals surface area contributed by atoms with Crippen molar-refractivity contribution >= 4 is 21.4 Å². The van der Waals surface area contributed by atoms with Crippen molar-refractivity contribution in [2.75, 3.05) is 13.4 Å². The Bertz CT molecular complexity index is 523. The molecule has 0 spiro atoms. The number of hydrogen-bond donors (Lipinski definition) is 0. The molecule has 0 bridgehead atoms. The lowest BCUT2D eigenvalue weighted by Crippen LogP contribution is -1.91. The van der Waals surface area contributed by atoms with E-state index in [-0.39, 0.29) is 0 Å². The monoisotopic (exact) mass is 244 g/mol. The molecule has 0 amide bonds. The summed E-state index contributed by atoms with van der Waals surface area (Å²) in [5, 5.41) is 2.64. The molecule has 15 heavy (non-hydrogen) atoms. The lowest BCUT2D eigenvalue weighted by Gasteiger charge is -2.02. The highest BCUT2D eigenvalue weighted by Gasteiger charge is 2.01. The molecule has 0 aromatic heterocycles. The molecule has 5 heteroatoms. The van der Waals surface area contributed by atoms with Crippen LogP contribution in [0.15, 0.2) is 18.2 Å². The van der Waals surface area contributed by atoms with Crippen molar-refractivity contribution in [3.63, 3.8) is 0 Å². The first-order valence-electron chi connectivity index (χ1n) is 3.99. The Labute approximate surface area is 93.9 Å². The molecule has 0 saturated heterocycles. The molecule has 0 heterocycles. The van der Waals surface area contributed by atoms with Crippen LogP contribution in [-0.4, -0.2) is 21.8 Å². The molecule has 3 nitrogen and oxygen atoms in total. The standard InChI is InChI=1S/C10H9ClO3S/c1-14-10-7-9(11)4-3-8(10)5-6-15(2,12)13/h3-4,7H,1-2H3. The maximum Gasteiger partial charge on any atom is 0.214 e. The van der Waals surface area contributed by atoms with E-state index < -0.39 is 9.84 Å². The van der Waals surface area contributed by atoms with Gasteiger partial charge in [-0.25, -0.2) is 8.42 Å². The van der Waals surface area contributed by atoms with Crippen molar-refractivity contribution in [3.8, 4) is 16.9 Å². The van der Waals surface area contributed by atoms with E-state index in [2.05, 4.69) is 11.2 Å². The summed E-state index contributed by atoms with van der Waals surface area (Å²) in [6.07, 6.45) is 1.04. The largest absolute Gasteiger partial charge is 0.495 e. The van der Waals surface area contributed by atoms with Gasteiger partial charge in [-0.05, 0) is 18.1 Å². The van der Waals surface area contributed by atoms with Gasteiger partial charge in [0.2, 0.25) is 9.84 Å². The Balaban J connectivity index is 3.20. The summed E-state index contributed by atoms with van der Waals surface area (Å²) in [5.74, 6) is 2.97. The summed E-state index contributed by atoms with van der Waals surface area (Å²) >= 11 is 5.74. The minimum Gasteiger partial charge on any atom is -0.495 e. The predicted octanol–water partition coefficient (Wildman–Crippen LogP) is 1.70. The number of methoxy groups -OCH3 is 1. The topological polar surface area (TPSA) is 43.4 Å². The fraction of sp³-hybridized carbons (Fsp3) is 0.200. The lowest BCUT2D eigenvalue weighted by molar-refractivity contribution is 0.413. The third-order valence-corrected chi connectivity index (χ3v) is 2.24. The van der Waals surface area contributed by atoms with Crippen molar-refractivity contribution in [1.82, 2.24) is 0 Å². The van der Waals surface area contributed by atoms with Crippen LogP contribution < -0.4 is 4.74 Å². The summed E-state index contributed by atoms with van der Waals surface area (Å²) in [7, 11) is -1.84. The highest BCUT2D eigenvalue weighted by Crippen LogP contribution is 2.22. The maximum absolute atomic E-state index is 10.8. The molecule has 0 aliphatic rings. The summed E-state index contributed by atoms with van der Waals surface area (Å²) in [6, 6.07) is 4.81. The number of ether oxygens (including phenoxy) is 1. The molecule has 0 unspecified atom stereocenters.